The molecule has 380 valence electrons. The van der Waals surface area contributed by atoms with Crippen LogP contribution in [0.15, 0.2) is 0 Å². The minimum Gasteiger partial charge on any atom is -0.462 e. The molecule has 1 atom stereocenters. The second-order valence-electron chi connectivity index (χ2n) is 20.9. The molecular formula is C58H112O6. The molecule has 0 fully saturated rings. The normalized spacial score (nSPS) is 12.0. The van der Waals surface area contributed by atoms with Crippen molar-refractivity contribution in [1.29, 1.82) is 0 Å². The van der Waals surface area contributed by atoms with Crippen LogP contribution in [0.3, 0.4) is 0 Å². The summed E-state index contributed by atoms with van der Waals surface area (Å²) in [4.78, 5) is 38.1. The fraction of sp³-hybridized carbons (Fsp3) is 0.948. The van der Waals surface area contributed by atoms with Gasteiger partial charge in [-0.25, -0.2) is 0 Å². The number of carbonyl (C=O) groups is 3. The Morgan fingerprint density at radius 2 is 0.516 bits per heavy atom. The van der Waals surface area contributed by atoms with Gasteiger partial charge in [0.1, 0.15) is 13.2 Å². The van der Waals surface area contributed by atoms with E-state index in [-0.39, 0.29) is 31.1 Å². The van der Waals surface area contributed by atoms with Crippen molar-refractivity contribution in [2.45, 2.75) is 330 Å². The molecule has 0 unspecified atom stereocenters. The highest BCUT2D eigenvalue weighted by Crippen LogP contribution is 2.18. The standard InChI is InChI=1S/C58H112O6/c1-6-7-8-9-10-11-21-28-33-38-43-48-56(59)62-51-55(52-63-57(60)49-44-39-34-29-25-20-23-27-32-37-42-47-54(4)5)64-58(61)50-45-40-35-30-24-19-17-15-13-12-14-16-18-22-26-31-36-41-46-53(2)3/h53-55H,6-52H2,1-5H3/t55-/m1/s1. The Kier molecular flexibility index (Phi) is 49.6. The average Bonchev–Trinajstić information content (AvgIpc) is 3.27. The van der Waals surface area contributed by atoms with Crippen molar-refractivity contribution in [2.24, 2.45) is 11.8 Å². The minimum absolute atomic E-state index is 0.0629. The summed E-state index contributed by atoms with van der Waals surface area (Å²) in [7, 11) is 0. The van der Waals surface area contributed by atoms with E-state index in [1.165, 1.54) is 212 Å². The van der Waals surface area contributed by atoms with Crippen LogP contribution in [-0.2, 0) is 28.6 Å². The molecule has 0 heterocycles. The Balaban J connectivity index is 4.24. The van der Waals surface area contributed by atoms with Crippen molar-refractivity contribution < 1.29 is 28.6 Å². The van der Waals surface area contributed by atoms with Crippen molar-refractivity contribution in [1.82, 2.24) is 0 Å². The van der Waals surface area contributed by atoms with Crippen molar-refractivity contribution in [3.8, 4) is 0 Å². The van der Waals surface area contributed by atoms with E-state index in [1.54, 1.807) is 0 Å². The lowest BCUT2D eigenvalue weighted by Crippen LogP contribution is -2.30. The van der Waals surface area contributed by atoms with E-state index in [9.17, 15) is 14.4 Å². The summed E-state index contributed by atoms with van der Waals surface area (Å²) in [5.41, 5.74) is 0. The van der Waals surface area contributed by atoms with Gasteiger partial charge in [0.2, 0.25) is 0 Å². The Labute approximate surface area is 399 Å². The third kappa shape index (κ3) is 51.4. The van der Waals surface area contributed by atoms with Crippen LogP contribution in [-0.4, -0.2) is 37.2 Å². The molecule has 0 aromatic carbocycles. The van der Waals surface area contributed by atoms with Gasteiger partial charge < -0.3 is 14.2 Å². The number of rotatable bonds is 52. The fourth-order valence-electron chi connectivity index (χ4n) is 8.87. The number of unbranched alkanes of at least 4 members (excludes halogenated alkanes) is 37. The fourth-order valence-corrected chi connectivity index (χ4v) is 8.87. The van der Waals surface area contributed by atoms with Crippen molar-refractivity contribution in [2.75, 3.05) is 13.2 Å². The molecule has 0 aliphatic rings. The molecule has 0 aromatic rings. The quantitative estimate of drug-likeness (QED) is 0.0344. The number of esters is 3. The molecule has 6 nitrogen and oxygen atoms in total. The van der Waals surface area contributed by atoms with Gasteiger partial charge in [-0.3, -0.25) is 14.4 Å². The maximum atomic E-state index is 12.8. The van der Waals surface area contributed by atoms with Gasteiger partial charge in [-0.2, -0.15) is 0 Å². The van der Waals surface area contributed by atoms with Crippen LogP contribution in [0.2, 0.25) is 0 Å². The van der Waals surface area contributed by atoms with E-state index in [4.69, 9.17) is 14.2 Å². The van der Waals surface area contributed by atoms with Crippen LogP contribution in [0.5, 0.6) is 0 Å². The lowest BCUT2D eigenvalue weighted by molar-refractivity contribution is -0.167. The van der Waals surface area contributed by atoms with Crippen molar-refractivity contribution in [3.05, 3.63) is 0 Å². The Hall–Kier alpha value is -1.59. The molecule has 64 heavy (non-hydrogen) atoms. The van der Waals surface area contributed by atoms with Gasteiger partial charge in [0.05, 0.1) is 0 Å². The summed E-state index contributed by atoms with van der Waals surface area (Å²) in [6.45, 7) is 11.4. The van der Waals surface area contributed by atoms with Crippen LogP contribution >= 0.6 is 0 Å². The topological polar surface area (TPSA) is 78.9 Å². The number of hydrogen-bond acceptors (Lipinski definition) is 6. The molecule has 6 heteroatoms. The highest BCUT2D eigenvalue weighted by atomic mass is 16.6. The predicted octanol–water partition coefficient (Wildman–Crippen LogP) is 18.9. The van der Waals surface area contributed by atoms with Crippen molar-refractivity contribution in [3.63, 3.8) is 0 Å². The Morgan fingerprint density at radius 1 is 0.297 bits per heavy atom. The third-order valence-electron chi connectivity index (χ3n) is 13.2. The maximum absolute atomic E-state index is 12.8. The lowest BCUT2D eigenvalue weighted by Gasteiger charge is -2.18. The van der Waals surface area contributed by atoms with Gasteiger partial charge in [-0.15, -0.1) is 0 Å². The molecule has 0 saturated heterocycles. The zero-order chi connectivity index (χ0) is 46.8. The summed E-state index contributed by atoms with van der Waals surface area (Å²) >= 11 is 0. The number of ether oxygens (including phenoxy) is 3. The van der Waals surface area contributed by atoms with Crippen LogP contribution in [0.4, 0.5) is 0 Å². The summed E-state index contributed by atoms with van der Waals surface area (Å²) in [6.07, 6.45) is 53.8. The molecule has 0 rings (SSSR count). The van der Waals surface area contributed by atoms with Gasteiger partial charge in [0.15, 0.2) is 6.10 Å². The Bertz CT molecular complexity index is 978. The first-order chi connectivity index (χ1) is 31.2. The second kappa shape index (κ2) is 50.8. The lowest BCUT2D eigenvalue weighted by atomic mass is 10.0. The van der Waals surface area contributed by atoms with Crippen LogP contribution in [0, 0.1) is 11.8 Å². The van der Waals surface area contributed by atoms with Gasteiger partial charge in [0, 0.05) is 19.3 Å². The third-order valence-corrected chi connectivity index (χ3v) is 13.2. The highest BCUT2D eigenvalue weighted by molar-refractivity contribution is 5.71. The summed E-state index contributed by atoms with van der Waals surface area (Å²) in [5, 5.41) is 0. The second-order valence-corrected chi connectivity index (χ2v) is 20.9. The SMILES string of the molecule is CCCCCCCCCCCCCC(=O)OC[C@H](COC(=O)CCCCCCCCCCCCCC(C)C)OC(=O)CCCCCCCCCCCCCCCCCCCCC(C)C. The number of carbonyl (C=O) groups excluding carboxylic acids is 3. The van der Waals surface area contributed by atoms with E-state index >= 15 is 0 Å². The van der Waals surface area contributed by atoms with E-state index < -0.39 is 6.10 Å². The van der Waals surface area contributed by atoms with E-state index in [0.717, 1.165) is 69.6 Å². The Morgan fingerprint density at radius 3 is 0.766 bits per heavy atom. The molecule has 0 bridgehead atoms. The molecule has 0 aliphatic heterocycles. The first-order valence-corrected chi connectivity index (χ1v) is 28.7. The van der Waals surface area contributed by atoms with Gasteiger partial charge >= 0.3 is 17.9 Å². The number of hydrogen-bond donors (Lipinski definition) is 0. The van der Waals surface area contributed by atoms with Gasteiger partial charge in [0.25, 0.3) is 0 Å². The summed E-state index contributed by atoms with van der Waals surface area (Å²) in [5.74, 6) is 0.844. The molecule has 0 aliphatic carbocycles. The molecular weight excluding hydrogens is 793 g/mol. The van der Waals surface area contributed by atoms with E-state index in [1.807, 2.05) is 0 Å². The molecule has 0 spiro atoms. The highest BCUT2D eigenvalue weighted by Gasteiger charge is 2.19. The average molecular weight is 906 g/mol. The van der Waals surface area contributed by atoms with Crippen LogP contribution in [0.1, 0.15) is 324 Å². The zero-order valence-electron chi connectivity index (χ0n) is 43.9. The van der Waals surface area contributed by atoms with E-state index in [2.05, 4.69) is 34.6 Å². The van der Waals surface area contributed by atoms with E-state index in [0.29, 0.717) is 19.3 Å². The molecule has 0 radical (unpaired) electrons. The monoisotopic (exact) mass is 905 g/mol. The van der Waals surface area contributed by atoms with Gasteiger partial charge in [-0.05, 0) is 31.1 Å². The molecule has 0 aromatic heterocycles. The summed E-state index contributed by atoms with van der Waals surface area (Å²) in [6, 6.07) is 0. The zero-order valence-corrected chi connectivity index (χ0v) is 43.9. The minimum atomic E-state index is -0.762. The predicted molar refractivity (Wildman–Crippen MR) is 275 cm³/mol. The van der Waals surface area contributed by atoms with Gasteiger partial charge in [-0.1, -0.05) is 285 Å². The first kappa shape index (κ1) is 62.4. The maximum Gasteiger partial charge on any atom is 0.306 e. The smallest absolute Gasteiger partial charge is 0.306 e. The molecule has 0 amide bonds. The van der Waals surface area contributed by atoms with Crippen molar-refractivity contribution >= 4 is 17.9 Å². The van der Waals surface area contributed by atoms with Crippen LogP contribution < -0.4 is 0 Å². The first-order valence-electron chi connectivity index (χ1n) is 28.7. The van der Waals surface area contributed by atoms with Crippen LogP contribution in [0.25, 0.3) is 0 Å². The molecule has 0 N–H and O–H groups in total. The molecule has 0 saturated carbocycles. The largest absolute Gasteiger partial charge is 0.462 e. The summed E-state index contributed by atoms with van der Waals surface area (Å²) < 4.78 is 16.9.